The van der Waals surface area contributed by atoms with Crippen LogP contribution in [0.2, 0.25) is 0 Å². The standard InChI is InChI=1S/C20H20N2O6/c1-11-15(23)5-4-14-12(7-19(25)28-20(11)14)9-22-13-3-6-16(26-2)17(8-13)27-10-18(21)24/h3-8,22-23H,9-10H2,1-2H3,(H2,21,24). The van der Waals surface area contributed by atoms with E-state index >= 15 is 0 Å². The molecule has 0 aliphatic rings. The zero-order valence-electron chi connectivity index (χ0n) is 15.4. The number of carbonyl (C=O) groups is 1. The van der Waals surface area contributed by atoms with Crippen LogP contribution in [0.4, 0.5) is 5.69 Å². The number of nitrogens with one attached hydrogen (secondary N) is 1. The first-order valence-corrected chi connectivity index (χ1v) is 8.47. The van der Waals surface area contributed by atoms with Crippen LogP contribution in [0.3, 0.4) is 0 Å². The molecule has 1 heterocycles. The minimum absolute atomic E-state index is 0.0622. The number of rotatable bonds is 7. The van der Waals surface area contributed by atoms with Crippen LogP contribution >= 0.6 is 0 Å². The Morgan fingerprint density at radius 3 is 2.71 bits per heavy atom. The Bertz CT molecular complexity index is 1090. The minimum atomic E-state index is -0.596. The Kier molecular flexibility index (Phi) is 5.39. The Morgan fingerprint density at radius 2 is 2.00 bits per heavy atom. The van der Waals surface area contributed by atoms with E-state index < -0.39 is 11.5 Å². The normalized spacial score (nSPS) is 10.6. The first-order chi connectivity index (χ1) is 13.4. The van der Waals surface area contributed by atoms with E-state index in [1.54, 1.807) is 37.3 Å². The zero-order chi connectivity index (χ0) is 20.3. The molecule has 0 unspecified atom stereocenters. The molecule has 8 nitrogen and oxygen atoms in total. The molecule has 8 heteroatoms. The zero-order valence-corrected chi connectivity index (χ0v) is 15.4. The summed E-state index contributed by atoms with van der Waals surface area (Å²) in [5.41, 5.74) is 6.87. The second-order valence-electron chi connectivity index (χ2n) is 6.15. The van der Waals surface area contributed by atoms with Gasteiger partial charge in [0.25, 0.3) is 5.91 Å². The molecule has 0 saturated heterocycles. The maximum Gasteiger partial charge on any atom is 0.336 e. The van der Waals surface area contributed by atoms with Gasteiger partial charge in [-0.1, -0.05) is 0 Å². The fourth-order valence-corrected chi connectivity index (χ4v) is 2.81. The van der Waals surface area contributed by atoms with Gasteiger partial charge < -0.3 is 30.0 Å². The van der Waals surface area contributed by atoms with Gasteiger partial charge in [0.15, 0.2) is 18.1 Å². The number of methoxy groups -OCH3 is 1. The minimum Gasteiger partial charge on any atom is -0.508 e. The van der Waals surface area contributed by atoms with E-state index in [2.05, 4.69) is 5.32 Å². The van der Waals surface area contributed by atoms with E-state index in [1.165, 1.54) is 13.2 Å². The molecule has 0 spiro atoms. The van der Waals surface area contributed by atoms with E-state index in [-0.39, 0.29) is 12.4 Å². The summed E-state index contributed by atoms with van der Waals surface area (Å²) >= 11 is 0. The highest BCUT2D eigenvalue weighted by molar-refractivity contribution is 5.85. The van der Waals surface area contributed by atoms with Gasteiger partial charge in [0, 0.05) is 35.3 Å². The lowest BCUT2D eigenvalue weighted by Crippen LogP contribution is -2.20. The highest BCUT2D eigenvalue weighted by Crippen LogP contribution is 2.31. The molecule has 0 fully saturated rings. The number of fused-ring (bicyclic) bond motifs is 1. The average molecular weight is 384 g/mol. The molecule has 0 bridgehead atoms. The lowest BCUT2D eigenvalue weighted by Gasteiger charge is -2.13. The van der Waals surface area contributed by atoms with Crippen LogP contribution in [0.25, 0.3) is 11.0 Å². The number of aryl methyl sites for hydroxylation is 1. The fraction of sp³-hybridized carbons (Fsp3) is 0.200. The monoisotopic (exact) mass is 384 g/mol. The number of nitrogens with two attached hydrogens (primary N) is 1. The quantitative estimate of drug-likeness (QED) is 0.534. The lowest BCUT2D eigenvalue weighted by molar-refractivity contribution is -0.119. The molecule has 0 saturated carbocycles. The molecule has 0 aliphatic carbocycles. The number of primary amides is 1. The van der Waals surface area contributed by atoms with Crippen molar-refractivity contribution in [2.24, 2.45) is 5.73 Å². The van der Waals surface area contributed by atoms with Crippen molar-refractivity contribution in [3.05, 3.63) is 57.9 Å². The van der Waals surface area contributed by atoms with Gasteiger partial charge >= 0.3 is 5.63 Å². The molecular formula is C20H20N2O6. The summed E-state index contributed by atoms with van der Waals surface area (Å²) in [7, 11) is 1.49. The van der Waals surface area contributed by atoms with Crippen LogP contribution in [-0.4, -0.2) is 24.7 Å². The first-order valence-electron chi connectivity index (χ1n) is 8.47. The third-order valence-corrected chi connectivity index (χ3v) is 4.23. The Morgan fingerprint density at radius 1 is 1.21 bits per heavy atom. The van der Waals surface area contributed by atoms with Gasteiger partial charge in [-0.3, -0.25) is 4.79 Å². The van der Waals surface area contributed by atoms with Gasteiger partial charge in [-0.25, -0.2) is 4.79 Å². The van der Waals surface area contributed by atoms with Crippen molar-refractivity contribution in [2.45, 2.75) is 13.5 Å². The van der Waals surface area contributed by atoms with Crippen LogP contribution in [0.15, 0.2) is 45.6 Å². The third-order valence-electron chi connectivity index (χ3n) is 4.23. The molecule has 0 aliphatic heterocycles. The number of phenolic OH excluding ortho intramolecular Hbond substituents is 1. The average Bonchev–Trinajstić information content (AvgIpc) is 2.67. The van der Waals surface area contributed by atoms with Gasteiger partial charge in [-0.05, 0) is 36.8 Å². The first kappa shape index (κ1) is 19.1. The Hall–Kier alpha value is -3.68. The summed E-state index contributed by atoms with van der Waals surface area (Å²) < 4.78 is 15.8. The smallest absolute Gasteiger partial charge is 0.336 e. The lowest BCUT2D eigenvalue weighted by atomic mass is 10.1. The summed E-state index contributed by atoms with van der Waals surface area (Å²) in [6.07, 6.45) is 0. The molecule has 146 valence electrons. The summed E-state index contributed by atoms with van der Waals surface area (Å²) in [5, 5.41) is 13.8. The molecule has 28 heavy (non-hydrogen) atoms. The molecule has 0 atom stereocenters. The maximum absolute atomic E-state index is 11.9. The molecule has 1 amide bonds. The van der Waals surface area contributed by atoms with Crippen LogP contribution in [-0.2, 0) is 11.3 Å². The predicted octanol–water partition coefficient (Wildman–Crippen LogP) is 2.29. The van der Waals surface area contributed by atoms with Crippen LogP contribution in [0, 0.1) is 6.92 Å². The van der Waals surface area contributed by atoms with Gasteiger partial charge in [0.2, 0.25) is 0 Å². The van der Waals surface area contributed by atoms with Crippen molar-refractivity contribution < 1.29 is 23.8 Å². The van der Waals surface area contributed by atoms with Crippen LogP contribution in [0.1, 0.15) is 11.1 Å². The molecule has 4 N–H and O–H groups in total. The van der Waals surface area contributed by atoms with Crippen molar-refractivity contribution in [1.29, 1.82) is 0 Å². The second kappa shape index (κ2) is 7.91. The number of phenols is 1. The summed E-state index contributed by atoms with van der Waals surface area (Å²) in [6.45, 7) is 1.74. The van der Waals surface area contributed by atoms with Gasteiger partial charge in [0.1, 0.15) is 11.3 Å². The van der Waals surface area contributed by atoms with Crippen molar-refractivity contribution in [1.82, 2.24) is 0 Å². The molecule has 0 radical (unpaired) electrons. The number of hydrogen-bond donors (Lipinski definition) is 3. The second-order valence-corrected chi connectivity index (χ2v) is 6.15. The van der Waals surface area contributed by atoms with E-state index in [9.17, 15) is 14.7 Å². The van der Waals surface area contributed by atoms with E-state index in [1.807, 2.05) is 0 Å². The van der Waals surface area contributed by atoms with E-state index in [0.29, 0.717) is 40.4 Å². The van der Waals surface area contributed by atoms with Crippen molar-refractivity contribution in [2.75, 3.05) is 19.0 Å². The summed E-state index contributed by atoms with van der Waals surface area (Å²) in [5.74, 6) is 0.293. The van der Waals surface area contributed by atoms with Crippen molar-refractivity contribution in [3.63, 3.8) is 0 Å². The van der Waals surface area contributed by atoms with E-state index in [0.717, 1.165) is 5.39 Å². The number of anilines is 1. The van der Waals surface area contributed by atoms with Gasteiger partial charge in [-0.15, -0.1) is 0 Å². The number of benzene rings is 2. The van der Waals surface area contributed by atoms with Crippen molar-refractivity contribution in [3.8, 4) is 17.2 Å². The molecule has 3 rings (SSSR count). The molecule has 2 aromatic carbocycles. The molecular weight excluding hydrogens is 364 g/mol. The number of amides is 1. The third kappa shape index (κ3) is 4.01. The highest BCUT2D eigenvalue weighted by Gasteiger charge is 2.12. The number of hydrogen-bond acceptors (Lipinski definition) is 7. The number of aromatic hydroxyl groups is 1. The molecule has 1 aromatic heterocycles. The SMILES string of the molecule is COc1ccc(NCc2cc(=O)oc3c(C)c(O)ccc23)cc1OCC(N)=O. The highest BCUT2D eigenvalue weighted by atomic mass is 16.5. The van der Waals surface area contributed by atoms with Gasteiger partial charge in [-0.2, -0.15) is 0 Å². The van der Waals surface area contributed by atoms with Gasteiger partial charge in [0.05, 0.1) is 7.11 Å². The largest absolute Gasteiger partial charge is 0.508 e. The van der Waals surface area contributed by atoms with E-state index in [4.69, 9.17) is 19.6 Å². The Balaban J connectivity index is 1.88. The predicted molar refractivity (Wildman–Crippen MR) is 104 cm³/mol. The fourth-order valence-electron chi connectivity index (χ4n) is 2.81. The van der Waals surface area contributed by atoms with Crippen LogP contribution < -0.4 is 26.1 Å². The van der Waals surface area contributed by atoms with Crippen LogP contribution in [0.5, 0.6) is 17.2 Å². The topological polar surface area (TPSA) is 124 Å². The number of carbonyl (C=O) groups excluding carboxylic acids is 1. The summed E-state index contributed by atoms with van der Waals surface area (Å²) in [6, 6.07) is 9.81. The maximum atomic E-state index is 11.9. The number of ether oxygens (including phenoxy) is 2. The van der Waals surface area contributed by atoms with Crippen molar-refractivity contribution >= 4 is 22.6 Å². The summed E-state index contributed by atoms with van der Waals surface area (Å²) in [4.78, 5) is 22.9. The molecule has 3 aromatic rings. The Labute approximate surface area is 160 Å².